The Balaban J connectivity index is -0.000000249. The fourth-order valence-corrected chi connectivity index (χ4v) is 0.727. The van der Waals surface area contributed by atoms with Crippen molar-refractivity contribution in [1.82, 2.24) is 4.90 Å². The van der Waals surface area contributed by atoms with Gasteiger partial charge in [-0.2, -0.15) is 0 Å². The van der Waals surface area contributed by atoms with Crippen molar-refractivity contribution in [2.45, 2.75) is 0 Å². The molecule has 0 fully saturated rings. The quantitative estimate of drug-likeness (QED) is 0.305. The summed E-state index contributed by atoms with van der Waals surface area (Å²) in [6.07, 6.45) is 0. The number of hydrogen-bond acceptors (Lipinski definition) is 4. The summed E-state index contributed by atoms with van der Waals surface area (Å²) < 4.78 is 0. The summed E-state index contributed by atoms with van der Waals surface area (Å²) in [5, 5.41) is 32.3. The predicted octanol–water partition coefficient (Wildman–Crippen LogP) is -1.74. The Hall–Kier alpha value is 0.936. The van der Waals surface area contributed by atoms with E-state index in [1.54, 1.807) is 0 Å². The van der Waals surface area contributed by atoms with Crippen LogP contribution in [0, 0.1) is 0 Å². The van der Waals surface area contributed by atoms with Gasteiger partial charge in [-0.15, -0.1) is 0 Å². The molecule has 0 amide bonds. The Labute approximate surface area is 141 Å². The first-order valence-corrected chi connectivity index (χ1v) is 4.45. The third-order valence-electron chi connectivity index (χ3n) is 1.01. The Kier molecular flexibility index (Phi) is 21.2. The molecule has 0 saturated heterocycles. The van der Waals surface area contributed by atoms with Crippen molar-refractivity contribution in [2.24, 2.45) is 5.73 Å². The fourth-order valence-electron chi connectivity index (χ4n) is 0.545. The average molecular weight is 282 g/mol. The molecule has 0 aliphatic rings. The fraction of sp³-hybridized carbons (Fsp3) is 0.667. The predicted molar refractivity (Wildman–Crippen MR) is 67.5 cm³/mol. The van der Waals surface area contributed by atoms with Crippen LogP contribution < -0.4 is 5.73 Å². The SMILES string of the molecule is NC(O)=S.OCCN(CCO)C(O)=S.[KH]. The summed E-state index contributed by atoms with van der Waals surface area (Å²) in [6.45, 7) is 0.354. The minimum absolute atomic E-state index is 0. The molecule has 0 aliphatic carbocycles. The maximum atomic E-state index is 8.71. The van der Waals surface area contributed by atoms with E-state index in [0.29, 0.717) is 0 Å². The van der Waals surface area contributed by atoms with E-state index in [1.165, 1.54) is 4.90 Å². The van der Waals surface area contributed by atoms with Gasteiger partial charge in [-0.25, -0.2) is 0 Å². The van der Waals surface area contributed by atoms with E-state index < -0.39 is 5.17 Å². The molecule has 0 aromatic rings. The molecule has 0 spiro atoms. The molecule has 9 heteroatoms. The Morgan fingerprint density at radius 3 is 1.47 bits per heavy atom. The molecule has 0 atom stereocenters. The van der Waals surface area contributed by atoms with Gasteiger partial charge >= 0.3 is 51.4 Å². The van der Waals surface area contributed by atoms with Crippen LogP contribution in [0.2, 0.25) is 0 Å². The van der Waals surface area contributed by atoms with Gasteiger partial charge in [-0.3, -0.25) is 0 Å². The molecule has 0 saturated carbocycles. The number of hydrogen-bond donors (Lipinski definition) is 5. The van der Waals surface area contributed by atoms with Crippen LogP contribution in [0.3, 0.4) is 0 Å². The van der Waals surface area contributed by atoms with E-state index in [4.69, 9.17) is 20.4 Å². The van der Waals surface area contributed by atoms with Gasteiger partial charge in [-0.05, 0) is 24.4 Å². The molecular weight excluding hydrogens is 267 g/mol. The monoisotopic (exact) mass is 282 g/mol. The zero-order chi connectivity index (χ0) is 11.6. The Morgan fingerprint density at radius 1 is 1.07 bits per heavy atom. The third kappa shape index (κ3) is 20.9. The maximum absolute atomic E-state index is 8.71. The average Bonchev–Trinajstić information content (AvgIpc) is 2.02. The van der Waals surface area contributed by atoms with Crippen LogP contribution in [0.1, 0.15) is 0 Å². The van der Waals surface area contributed by atoms with Crippen LogP contribution in [0.25, 0.3) is 0 Å². The number of thiocarbonyl (C=S) groups is 2. The van der Waals surface area contributed by atoms with Gasteiger partial charge in [0.25, 0.3) is 10.3 Å². The Morgan fingerprint density at radius 2 is 1.33 bits per heavy atom. The van der Waals surface area contributed by atoms with Crippen molar-refractivity contribution in [1.29, 1.82) is 0 Å². The standard InChI is InChI=1S/C5H11NO3S.CH3NOS.K.H/c7-3-1-6(2-4-8)5(9)10;2-1(3)4;;/h7-8H,1-4H2,(H,9,10);(H3,2,3,4);;. The first-order chi connectivity index (χ1) is 6.45. The zero-order valence-corrected chi connectivity index (χ0v) is 9.09. The molecule has 0 aliphatic heterocycles. The number of rotatable bonds is 4. The van der Waals surface area contributed by atoms with E-state index in [0.717, 1.165) is 0 Å². The number of nitrogens with two attached hydrogens (primary N) is 1. The van der Waals surface area contributed by atoms with E-state index in [9.17, 15) is 0 Å². The second-order valence-corrected chi connectivity index (χ2v) is 2.84. The van der Waals surface area contributed by atoms with Crippen LogP contribution >= 0.6 is 24.4 Å². The van der Waals surface area contributed by atoms with Gasteiger partial charge < -0.3 is 31.1 Å². The van der Waals surface area contributed by atoms with Gasteiger partial charge in [0.05, 0.1) is 13.2 Å². The topological polar surface area (TPSA) is 110 Å². The van der Waals surface area contributed by atoms with E-state index in [2.05, 4.69) is 30.2 Å². The van der Waals surface area contributed by atoms with Gasteiger partial charge in [0.15, 0.2) is 0 Å². The summed E-state index contributed by atoms with van der Waals surface area (Å²) in [4.78, 5) is 1.31. The molecule has 6 nitrogen and oxygen atoms in total. The normalized spacial score (nSPS) is 7.87. The first kappa shape index (κ1) is 21.2. The molecule has 6 N–H and O–H groups in total. The van der Waals surface area contributed by atoms with Crippen molar-refractivity contribution < 1.29 is 20.4 Å². The molecule has 0 heterocycles. The first-order valence-electron chi connectivity index (χ1n) is 3.63. The van der Waals surface area contributed by atoms with Gasteiger partial charge in [0, 0.05) is 13.1 Å². The van der Waals surface area contributed by atoms with Crippen molar-refractivity contribution in [2.75, 3.05) is 26.3 Å². The van der Waals surface area contributed by atoms with Crippen LogP contribution in [0.15, 0.2) is 0 Å². The number of aliphatic hydroxyl groups is 4. The molecule has 0 unspecified atom stereocenters. The van der Waals surface area contributed by atoms with Gasteiger partial charge in [-0.1, -0.05) is 0 Å². The summed E-state index contributed by atoms with van der Waals surface area (Å²) in [5.74, 6) is 0. The van der Waals surface area contributed by atoms with Crippen LogP contribution in [-0.2, 0) is 0 Å². The molecule has 0 radical (unpaired) electrons. The van der Waals surface area contributed by atoms with E-state index in [1.807, 2.05) is 0 Å². The van der Waals surface area contributed by atoms with Crippen molar-refractivity contribution in [3.8, 4) is 0 Å². The number of aliphatic hydroxyl groups excluding tert-OH is 4. The molecule has 0 aromatic carbocycles. The second kappa shape index (κ2) is 14.9. The summed E-state index contributed by atoms with van der Waals surface area (Å²) >= 11 is 8.28. The third-order valence-corrected chi connectivity index (χ3v) is 1.27. The van der Waals surface area contributed by atoms with Gasteiger partial charge in [0.1, 0.15) is 0 Å². The van der Waals surface area contributed by atoms with Crippen molar-refractivity contribution >= 4 is 86.2 Å². The molecule has 86 valence electrons. The molecule has 0 bridgehead atoms. The molecule has 0 rings (SSSR count). The Bertz CT molecular complexity index is 175. The van der Waals surface area contributed by atoms with Crippen LogP contribution in [-0.4, -0.2) is 113 Å². The summed E-state index contributed by atoms with van der Waals surface area (Å²) in [5.41, 5.74) is 4.40. The minimum atomic E-state index is -0.500. The summed E-state index contributed by atoms with van der Waals surface area (Å²) in [6, 6.07) is 0. The van der Waals surface area contributed by atoms with Crippen molar-refractivity contribution in [3.05, 3.63) is 0 Å². The van der Waals surface area contributed by atoms with Crippen molar-refractivity contribution in [3.63, 3.8) is 0 Å². The molecular formula is C6H15KN2O4S2. The zero-order valence-electron chi connectivity index (χ0n) is 7.46. The van der Waals surface area contributed by atoms with E-state index >= 15 is 0 Å². The molecule has 15 heavy (non-hydrogen) atoms. The number of nitrogens with zero attached hydrogens (tertiary/aromatic N) is 1. The summed E-state index contributed by atoms with van der Waals surface area (Å²) in [7, 11) is 0. The molecule has 0 aromatic heterocycles. The van der Waals surface area contributed by atoms with Crippen LogP contribution in [0.4, 0.5) is 0 Å². The van der Waals surface area contributed by atoms with Gasteiger partial charge in [0.2, 0.25) is 0 Å². The van der Waals surface area contributed by atoms with Crippen LogP contribution in [0.5, 0.6) is 0 Å². The van der Waals surface area contributed by atoms with E-state index in [-0.39, 0.29) is 82.9 Å². The second-order valence-electron chi connectivity index (χ2n) is 2.06.